The largest absolute Gasteiger partial charge is 0.266 e. The van der Waals surface area contributed by atoms with Crippen LogP contribution in [0.5, 0.6) is 0 Å². The van der Waals surface area contributed by atoms with Crippen LogP contribution < -0.4 is 0 Å². The molecular formula is C6H2Br2F3N. The first-order valence-corrected chi connectivity index (χ1v) is 4.40. The van der Waals surface area contributed by atoms with Gasteiger partial charge in [-0.1, -0.05) is 0 Å². The summed E-state index contributed by atoms with van der Waals surface area (Å²) in [4.78, 5) is 3.54. The third-order valence-corrected chi connectivity index (χ3v) is 2.08. The van der Waals surface area contributed by atoms with Crippen molar-refractivity contribution in [1.82, 2.24) is 4.98 Å². The highest BCUT2D eigenvalue weighted by molar-refractivity contribution is 9.11. The first kappa shape index (κ1) is 9.98. The standard InChI is InChI=1S/C6H2Br2F3N/c7-3-1-2(6(10)11)4(9)5(8)12-3/h1,6H. The van der Waals surface area contributed by atoms with E-state index in [2.05, 4.69) is 36.8 Å². The Hall–Kier alpha value is -0.100. The Morgan fingerprint density at radius 3 is 2.42 bits per heavy atom. The summed E-state index contributed by atoms with van der Waals surface area (Å²) in [6.07, 6.45) is -2.83. The Bertz CT molecular complexity index is 303. The minimum atomic E-state index is -2.83. The zero-order chi connectivity index (χ0) is 9.30. The van der Waals surface area contributed by atoms with Crippen LogP contribution in [0.1, 0.15) is 12.0 Å². The zero-order valence-corrected chi connectivity index (χ0v) is 8.66. The molecule has 0 saturated heterocycles. The Morgan fingerprint density at radius 2 is 1.92 bits per heavy atom. The quantitative estimate of drug-likeness (QED) is 0.721. The summed E-state index contributed by atoms with van der Waals surface area (Å²) in [5.41, 5.74) is -0.663. The molecule has 0 fully saturated rings. The van der Waals surface area contributed by atoms with Gasteiger partial charge in [0, 0.05) is 0 Å². The first-order valence-electron chi connectivity index (χ1n) is 2.82. The lowest BCUT2D eigenvalue weighted by Gasteiger charge is -2.02. The van der Waals surface area contributed by atoms with E-state index in [1.54, 1.807) is 0 Å². The summed E-state index contributed by atoms with van der Waals surface area (Å²) < 4.78 is 36.9. The second-order valence-electron chi connectivity index (χ2n) is 1.94. The van der Waals surface area contributed by atoms with Gasteiger partial charge in [-0.2, -0.15) is 0 Å². The summed E-state index contributed by atoms with van der Waals surface area (Å²) in [5, 5.41) is 0. The molecule has 0 unspecified atom stereocenters. The molecule has 1 rings (SSSR count). The van der Waals surface area contributed by atoms with Gasteiger partial charge in [0.2, 0.25) is 0 Å². The minimum Gasteiger partial charge on any atom is -0.231 e. The normalized spacial score (nSPS) is 10.8. The summed E-state index contributed by atoms with van der Waals surface area (Å²) >= 11 is 5.59. The summed E-state index contributed by atoms with van der Waals surface area (Å²) in [6.45, 7) is 0. The summed E-state index contributed by atoms with van der Waals surface area (Å²) in [7, 11) is 0. The minimum absolute atomic E-state index is 0.172. The Balaban J connectivity index is 3.28. The molecule has 0 aliphatic rings. The molecular weight excluding hydrogens is 303 g/mol. The third-order valence-electron chi connectivity index (χ3n) is 1.15. The predicted molar refractivity (Wildman–Crippen MR) is 44.6 cm³/mol. The van der Waals surface area contributed by atoms with Crippen LogP contribution in [0, 0.1) is 5.82 Å². The molecule has 1 heterocycles. The molecule has 0 aromatic carbocycles. The average Bonchev–Trinajstić information content (AvgIpc) is 1.96. The van der Waals surface area contributed by atoms with E-state index in [0.717, 1.165) is 6.07 Å². The van der Waals surface area contributed by atoms with E-state index in [0.29, 0.717) is 0 Å². The molecule has 0 spiro atoms. The molecule has 1 nitrogen and oxygen atoms in total. The van der Waals surface area contributed by atoms with E-state index < -0.39 is 17.8 Å². The molecule has 0 aliphatic carbocycles. The topological polar surface area (TPSA) is 12.9 Å². The van der Waals surface area contributed by atoms with Gasteiger partial charge in [-0.15, -0.1) is 0 Å². The van der Waals surface area contributed by atoms with Crippen molar-refractivity contribution < 1.29 is 13.2 Å². The summed E-state index contributed by atoms with van der Waals surface area (Å²) in [5.74, 6) is -1.02. The number of aromatic nitrogens is 1. The molecule has 0 bridgehead atoms. The fourth-order valence-electron chi connectivity index (χ4n) is 0.645. The van der Waals surface area contributed by atoms with Crippen LogP contribution in [-0.4, -0.2) is 4.98 Å². The van der Waals surface area contributed by atoms with Crippen molar-refractivity contribution in [1.29, 1.82) is 0 Å². The fourth-order valence-corrected chi connectivity index (χ4v) is 1.73. The molecule has 0 atom stereocenters. The molecule has 0 amide bonds. The van der Waals surface area contributed by atoms with Gasteiger partial charge < -0.3 is 0 Å². The van der Waals surface area contributed by atoms with Crippen LogP contribution in [0.15, 0.2) is 15.3 Å². The van der Waals surface area contributed by atoms with Gasteiger partial charge in [0.25, 0.3) is 6.43 Å². The van der Waals surface area contributed by atoms with E-state index in [9.17, 15) is 13.2 Å². The number of pyridine rings is 1. The number of nitrogens with zero attached hydrogens (tertiary/aromatic N) is 1. The van der Waals surface area contributed by atoms with Gasteiger partial charge in [0.05, 0.1) is 5.56 Å². The predicted octanol–water partition coefficient (Wildman–Crippen LogP) is 3.68. The third kappa shape index (κ3) is 1.98. The van der Waals surface area contributed by atoms with Crippen molar-refractivity contribution in [3.05, 3.63) is 26.7 Å². The van der Waals surface area contributed by atoms with Crippen LogP contribution >= 0.6 is 31.9 Å². The maximum Gasteiger partial charge on any atom is 0.266 e. The molecule has 0 radical (unpaired) electrons. The lowest BCUT2D eigenvalue weighted by molar-refractivity contribution is 0.146. The maximum atomic E-state index is 12.8. The fraction of sp³-hybridized carbons (Fsp3) is 0.167. The molecule has 1 aromatic heterocycles. The molecule has 0 aliphatic heterocycles. The van der Waals surface area contributed by atoms with Crippen molar-refractivity contribution in [2.45, 2.75) is 6.43 Å². The van der Waals surface area contributed by atoms with Crippen LogP contribution in [0.25, 0.3) is 0 Å². The van der Waals surface area contributed by atoms with Gasteiger partial charge in [-0.05, 0) is 37.9 Å². The lowest BCUT2D eigenvalue weighted by atomic mass is 10.3. The zero-order valence-electron chi connectivity index (χ0n) is 5.49. The number of halogens is 5. The Kier molecular flexibility index (Phi) is 3.11. The molecule has 12 heavy (non-hydrogen) atoms. The SMILES string of the molecule is Fc1c(C(F)F)cc(Br)nc1Br. The lowest BCUT2D eigenvalue weighted by Crippen LogP contribution is -1.94. The van der Waals surface area contributed by atoms with E-state index in [1.807, 2.05) is 0 Å². The van der Waals surface area contributed by atoms with Crippen molar-refractivity contribution in [2.75, 3.05) is 0 Å². The maximum absolute atomic E-state index is 12.8. The van der Waals surface area contributed by atoms with Gasteiger partial charge in [-0.3, -0.25) is 0 Å². The van der Waals surface area contributed by atoms with Gasteiger partial charge in [0.1, 0.15) is 9.21 Å². The molecule has 0 N–H and O–H groups in total. The van der Waals surface area contributed by atoms with E-state index in [4.69, 9.17) is 0 Å². The van der Waals surface area contributed by atoms with E-state index in [1.165, 1.54) is 0 Å². The van der Waals surface area contributed by atoms with Gasteiger partial charge in [-0.25, -0.2) is 18.2 Å². The van der Waals surface area contributed by atoms with Crippen molar-refractivity contribution in [3.63, 3.8) is 0 Å². The van der Waals surface area contributed by atoms with Crippen molar-refractivity contribution in [3.8, 4) is 0 Å². The molecule has 6 heteroatoms. The van der Waals surface area contributed by atoms with Crippen LogP contribution in [-0.2, 0) is 0 Å². The van der Waals surface area contributed by atoms with E-state index in [-0.39, 0.29) is 9.21 Å². The van der Waals surface area contributed by atoms with Crippen LogP contribution in [0.2, 0.25) is 0 Å². The second-order valence-corrected chi connectivity index (χ2v) is 3.50. The molecule has 0 saturated carbocycles. The highest BCUT2D eigenvalue weighted by atomic mass is 79.9. The smallest absolute Gasteiger partial charge is 0.231 e. The number of alkyl halides is 2. The van der Waals surface area contributed by atoms with Crippen LogP contribution in [0.4, 0.5) is 13.2 Å². The highest BCUT2D eigenvalue weighted by Crippen LogP contribution is 2.28. The average molecular weight is 305 g/mol. The summed E-state index contributed by atoms with van der Waals surface area (Å²) in [6, 6.07) is 0.949. The van der Waals surface area contributed by atoms with Crippen molar-refractivity contribution in [2.24, 2.45) is 0 Å². The molecule has 66 valence electrons. The van der Waals surface area contributed by atoms with Gasteiger partial charge >= 0.3 is 0 Å². The van der Waals surface area contributed by atoms with Gasteiger partial charge in [0.15, 0.2) is 5.82 Å². The first-order chi connectivity index (χ1) is 5.52. The second kappa shape index (κ2) is 3.74. The monoisotopic (exact) mass is 303 g/mol. The Labute approximate surface area is 83.2 Å². The number of rotatable bonds is 1. The van der Waals surface area contributed by atoms with Crippen LogP contribution in [0.3, 0.4) is 0 Å². The number of hydrogen-bond donors (Lipinski definition) is 0. The van der Waals surface area contributed by atoms with E-state index >= 15 is 0 Å². The molecule has 1 aromatic rings. The van der Waals surface area contributed by atoms with Crippen molar-refractivity contribution >= 4 is 31.9 Å². The number of hydrogen-bond acceptors (Lipinski definition) is 1. The highest BCUT2D eigenvalue weighted by Gasteiger charge is 2.17. The Morgan fingerprint density at radius 1 is 1.33 bits per heavy atom.